The summed E-state index contributed by atoms with van der Waals surface area (Å²) in [5.74, 6) is 1.25. The van der Waals surface area contributed by atoms with E-state index in [0.29, 0.717) is 30.6 Å². The van der Waals surface area contributed by atoms with Crippen LogP contribution in [0.3, 0.4) is 0 Å². The molecule has 4 fully saturated rings. The summed E-state index contributed by atoms with van der Waals surface area (Å²) in [5.41, 5.74) is -1.45. The van der Waals surface area contributed by atoms with Gasteiger partial charge in [0.25, 0.3) is 6.47 Å². The molecule has 0 spiro atoms. The molecule has 224 valence electrons. The summed E-state index contributed by atoms with van der Waals surface area (Å²) in [5, 5.41) is 0.176. The van der Waals surface area contributed by atoms with Crippen LogP contribution in [0.5, 0.6) is 0 Å². The summed E-state index contributed by atoms with van der Waals surface area (Å²) >= 11 is 0. The highest BCUT2D eigenvalue weighted by molar-refractivity contribution is 6.74. The number of carbonyl (C=O) groups excluding carboxylic acids is 2. The van der Waals surface area contributed by atoms with Gasteiger partial charge in [0.2, 0.25) is 6.29 Å². The number of aldehydes is 1. The molecule has 0 amide bonds. The van der Waals surface area contributed by atoms with E-state index < -0.39 is 33.9 Å². The molecule has 9 atom stereocenters. The van der Waals surface area contributed by atoms with Gasteiger partial charge >= 0.3 is 0 Å². The lowest BCUT2D eigenvalue weighted by Crippen LogP contribution is -2.67. The highest BCUT2D eigenvalue weighted by Gasteiger charge is 2.72. The second-order valence-corrected chi connectivity index (χ2v) is 26.3. The topological polar surface area (TPSA) is 71.1 Å². The van der Waals surface area contributed by atoms with Gasteiger partial charge in [0.1, 0.15) is 0 Å². The van der Waals surface area contributed by atoms with E-state index in [9.17, 15) is 9.59 Å². The maximum Gasteiger partial charge on any atom is 0.295 e. The number of hydrogen-bond donors (Lipinski definition) is 0. The van der Waals surface area contributed by atoms with Gasteiger partial charge in [0.05, 0.1) is 12.2 Å². The van der Waals surface area contributed by atoms with E-state index in [1.54, 1.807) is 0 Å². The van der Waals surface area contributed by atoms with Gasteiger partial charge in [-0.2, -0.15) is 0 Å². The second-order valence-electron chi connectivity index (χ2n) is 16.8. The molecule has 4 aliphatic rings. The van der Waals surface area contributed by atoms with Crippen molar-refractivity contribution in [3.63, 3.8) is 0 Å². The van der Waals surface area contributed by atoms with E-state index >= 15 is 0 Å². The average molecular weight is 581 g/mol. The van der Waals surface area contributed by atoms with Crippen LogP contribution in [0.1, 0.15) is 93.9 Å². The highest BCUT2D eigenvalue weighted by Crippen LogP contribution is 2.69. The van der Waals surface area contributed by atoms with Gasteiger partial charge in [-0.25, -0.2) is 0 Å². The minimum Gasteiger partial charge on any atom is -0.438 e. The van der Waals surface area contributed by atoms with Gasteiger partial charge in [-0.15, -0.1) is 0 Å². The Hall–Kier alpha value is -0.546. The van der Waals surface area contributed by atoms with Crippen molar-refractivity contribution in [3.8, 4) is 0 Å². The normalized spacial score (nSPS) is 42.9. The molecule has 0 N–H and O–H groups in total. The number of carbonyl (C=O) groups is 2. The molecule has 1 aliphatic heterocycles. The summed E-state index contributed by atoms with van der Waals surface area (Å²) in [6.07, 6.45) is 5.96. The summed E-state index contributed by atoms with van der Waals surface area (Å²) in [7, 11) is -4.14. The van der Waals surface area contributed by atoms with Crippen LogP contribution >= 0.6 is 0 Å². The van der Waals surface area contributed by atoms with Crippen molar-refractivity contribution in [1.29, 1.82) is 0 Å². The first-order valence-electron chi connectivity index (χ1n) is 15.3. The van der Waals surface area contributed by atoms with Crippen LogP contribution in [0.2, 0.25) is 36.3 Å². The summed E-state index contributed by atoms with van der Waals surface area (Å²) in [6, 6.07) is 0. The molecule has 39 heavy (non-hydrogen) atoms. The van der Waals surface area contributed by atoms with Gasteiger partial charge in [-0.05, 0) is 91.5 Å². The van der Waals surface area contributed by atoms with E-state index in [0.717, 1.165) is 38.4 Å². The van der Waals surface area contributed by atoms with Crippen molar-refractivity contribution >= 4 is 29.4 Å². The van der Waals surface area contributed by atoms with E-state index in [4.69, 9.17) is 18.3 Å². The monoisotopic (exact) mass is 580 g/mol. The maximum atomic E-state index is 13.2. The zero-order valence-corrected chi connectivity index (χ0v) is 28.8. The van der Waals surface area contributed by atoms with Crippen molar-refractivity contribution in [3.05, 3.63) is 0 Å². The Bertz CT molecular complexity index is 954. The van der Waals surface area contributed by atoms with Crippen LogP contribution in [0.15, 0.2) is 0 Å². The Morgan fingerprint density at radius 2 is 1.38 bits per heavy atom. The van der Waals surface area contributed by atoms with Gasteiger partial charge in [-0.3, -0.25) is 9.59 Å². The molecule has 3 aliphatic carbocycles. The summed E-state index contributed by atoms with van der Waals surface area (Å²) in [6.45, 7) is 28.1. The molecule has 0 aromatic heterocycles. The molecular formula is C31H56O6Si2. The lowest BCUT2D eigenvalue weighted by Gasteiger charge is -2.62. The van der Waals surface area contributed by atoms with Crippen molar-refractivity contribution in [2.24, 2.45) is 28.6 Å². The molecule has 8 heteroatoms. The molecule has 0 aromatic rings. The molecule has 1 saturated heterocycles. The smallest absolute Gasteiger partial charge is 0.295 e. The first kappa shape index (κ1) is 31.4. The predicted octanol–water partition coefficient (Wildman–Crippen LogP) is 7.48. The zero-order valence-electron chi connectivity index (χ0n) is 26.8. The lowest BCUT2D eigenvalue weighted by atomic mass is 9.46. The quantitative estimate of drug-likeness (QED) is 0.230. The van der Waals surface area contributed by atoms with Gasteiger partial charge in [-0.1, -0.05) is 55.4 Å². The first-order chi connectivity index (χ1) is 17.7. The van der Waals surface area contributed by atoms with E-state index in [-0.39, 0.29) is 27.7 Å². The molecule has 0 unspecified atom stereocenters. The van der Waals surface area contributed by atoms with Gasteiger partial charge in [0.15, 0.2) is 28.5 Å². The van der Waals surface area contributed by atoms with Gasteiger partial charge in [0, 0.05) is 11.8 Å². The molecule has 4 rings (SSSR count). The molecule has 0 radical (unpaired) electrons. The fourth-order valence-electron chi connectivity index (χ4n) is 8.34. The maximum absolute atomic E-state index is 13.2. The van der Waals surface area contributed by atoms with E-state index in [1.807, 2.05) is 0 Å². The molecule has 3 saturated carbocycles. The lowest BCUT2D eigenvalue weighted by molar-refractivity contribution is -0.228. The third-order valence-corrected chi connectivity index (χ3v) is 21.8. The molecule has 6 nitrogen and oxygen atoms in total. The molecular weight excluding hydrogens is 525 g/mol. The number of fused-ring (bicyclic) bond motifs is 5. The fourth-order valence-corrected chi connectivity index (χ4v) is 11.1. The molecule has 1 heterocycles. The van der Waals surface area contributed by atoms with E-state index in [2.05, 4.69) is 81.6 Å². The number of rotatable bonds is 7. The second kappa shape index (κ2) is 9.75. The molecule has 0 bridgehead atoms. The number of ether oxygens (including phenoxy) is 2. The van der Waals surface area contributed by atoms with Gasteiger partial charge < -0.3 is 18.3 Å². The van der Waals surface area contributed by atoms with Crippen molar-refractivity contribution in [2.75, 3.05) is 0 Å². The highest BCUT2D eigenvalue weighted by atomic mass is 28.4. The minimum absolute atomic E-state index is 0.00182. The van der Waals surface area contributed by atoms with Crippen LogP contribution in [0.25, 0.3) is 0 Å². The Morgan fingerprint density at radius 3 is 1.90 bits per heavy atom. The average Bonchev–Trinajstić information content (AvgIpc) is 3.27. The Balaban J connectivity index is 1.73. The van der Waals surface area contributed by atoms with E-state index in [1.165, 1.54) is 0 Å². The Labute approximate surface area is 239 Å². The van der Waals surface area contributed by atoms with Crippen LogP contribution in [0, 0.1) is 28.6 Å². The summed E-state index contributed by atoms with van der Waals surface area (Å²) < 4.78 is 26.2. The van der Waals surface area contributed by atoms with Crippen LogP contribution in [0.4, 0.5) is 0 Å². The minimum atomic E-state index is -2.23. The largest absolute Gasteiger partial charge is 0.438 e. The van der Waals surface area contributed by atoms with Crippen LogP contribution in [-0.4, -0.2) is 53.5 Å². The third kappa shape index (κ3) is 4.76. The third-order valence-electron chi connectivity index (χ3n) is 12.8. The summed E-state index contributed by atoms with van der Waals surface area (Å²) in [4.78, 5) is 24.6. The van der Waals surface area contributed by atoms with Crippen LogP contribution < -0.4 is 0 Å². The predicted molar refractivity (Wildman–Crippen MR) is 159 cm³/mol. The Morgan fingerprint density at radius 1 is 0.821 bits per heavy atom. The zero-order chi connectivity index (χ0) is 29.4. The Kier molecular flexibility index (Phi) is 7.85. The van der Waals surface area contributed by atoms with Crippen molar-refractivity contribution in [2.45, 2.75) is 154 Å². The van der Waals surface area contributed by atoms with Crippen molar-refractivity contribution in [1.82, 2.24) is 0 Å². The fraction of sp³-hybridized carbons (Fsp3) is 0.935. The number of hydrogen-bond acceptors (Lipinski definition) is 6. The molecule has 0 aromatic carbocycles. The SMILES string of the molecule is CC(C)(C)[Si](C)(C)O[C@H]1CC[C@H]2[C@@H]3C[C@@H](O[Si](C)(C)C(C)(C)C)[C@]4(C=O)O[C@@H](OC=O)C[C@]4(C)[C@H]3CC[C@]12C. The van der Waals surface area contributed by atoms with Crippen molar-refractivity contribution < 1.29 is 27.9 Å². The first-order valence-corrected chi connectivity index (χ1v) is 21.1. The standard InChI is InChI=1S/C31H56O6Si2/c1-27(2,3)38(9,10)36-24-14-13-22-21-17-25(37-39(11,12)28(4,5)6)31(19-32)30(8,18-26(35-31)34-20-33)23(21)15-16-29(22,24)7/h19-26H,13-18H2,1-12H3/t21-,22-,23-,24-,25+,26+,29-,30+,31-/m0/s1. The van der Waals surface area contributed by atoms with Crippen LogP contribution in [-0.2, 0) is 27.9 Å².